The molecule has 2 atom stereocenters. The van der Waals surface area contributed by atoms with Crippen LogP contribution in [-0.2, 0) is 9.59 Å². The van der Waals surface area contributed by atoms with Gasteiger partial charge in [0, 0.05) is 6.54 Å². The number of carbonyl (C=O) groups excluding carboxylic acids is 2. The van der Waals surface area contributed by atoms with Crippen molar-refractivity contribution in [1.29, 1.82) is 0 Å². The number of hydrogen-bond acceptors (Lipinski definition) is 3. The summed E-state index contributed by atoms with van der Waals surface area (Å²) in [5.41, 5.74) is 5.25. The molecule has 1 saturated heterocycles. The van der Waals surface area contributed by atoms with Crippen LogP contribution in [-0.4, -0.2) is 36.2 Å². The van der Waals surface area contributed by atoms with Crippen molar-refractivity contribution in [2.75, 3.05) is 13.1 Å². The Morgan fingerprint density at radius 3 is 2.85 bits per heavy atom. The molecular formula is C9H16N2O2. The first-order chi connectivity index (χ1) is 6.24. The second-order valence-electron chi connectivity index (χ2n) is 3.37. The number of rotatable bonds is 3. The monoisotopic (exact) mass is 184 g/mol. The second kappa shape index (κ2) is 4.37. The van der Waals surface area contributed by atoms with E-state index in [-0.39, 0.29) is 18.5 Å². The van der Waals surface area contributed by atoms with Crippen molar-refractivity contribution in [2.45, 2.75) is 25.8 Å². The van der Waals surface area contributed by atoms with Gasteiger partial charge in [0.1, 0.15) is 6.29 Å². The van der Waals surface area contributed by atoms with E-state index in [2.05, 4.69) is 0 Å². The first-order valence-electron chi connectivity index (χ1n) is 4.69. The maximum Gasteiger partial charge on any atom is 0.236 e. The Morgan fingerprint density at radius 1 is 1.69 bits per heavy atom. The van der Waals surface area contributed by atoms with Crippen molar-refractivity contribution >= 4 is 12.2 Å². The number of aldehydes is 1. The Labute approximate surface area is 78.1 Å². The van der Waals surface area contributed by atoms with E-state index < -0.39 is 0 Å². The predicted molar refractivity (Wildman–Crippen MR) is 49.0 cm³/mol. The molecule has 2 N–H and O–H groups in total. The van der Waals surface area contributed by atoms with E-state index in [4.69, 9.17) is 5.73 Å². The normalized spacial score (nSPS) is 27.7. The third-order valence-electron chi connectivity index (χ3n) is 2.74. The van der Waals surface area contributed by atoms with Crippen LogP contribution < -0.4 is 5.73 Å². The summed E-state index contributed by atoms with van der Waals surface area (Å²) >= 11 is 0. The molecule has 1 aliphatic rings. The van der Waals surface area contributed by atoms with Gasteiger partial charge in [-0.25, -0.2) is 0 Å². The average Bonchev–Trinajstić information content (AvgIpc) is 2.58. The zero-order valence-electron chi connectivity index (χ0n) is 7.90. The number of nitrogens with zero attached hydrogens (tertiary/aromatic N) is 1. The van der Waals surface area contributed by atoms with Crippen LogP contribution >= 0.6 is 0 Å². The molecule has 4 nitrogen and oxygen atoms in total. The van der Waals surface area contributed by atoms with Gasteiger partial charge in [0.05, 0.1) is 12.6 Å². The molecule has 1 rings (SSSR count). The molecule has 1 heterocycles. The van der Waals surface area contributed by atoms with Crippen molar-refractivity contribution in [2.24, 2.45) is 11.7 Å². The minimum absolute atomic E-state index is 0.000768. The van der Waals surface area contributed by atoms with E-state index in [0.717, 1.165) is 19.1 Å². The van der Waals surface area contributed by atoms with E-state index in [1.807, 2.05) is 6.92 Å². The molecule has 0 spiro atoms. The number of amides is 1. The molecule has 1 unspecified atom stereocenters. The van der Waals surface area contributed by atoms with Crippen LogP contribution in [0.3, 0.4) is 0 Å². The fraction of sp³-hybridized carbons (Fsp3) is 0.778. The van der Waals surface area contributed by atoms with E-state index in [0.29, 0.717) is 12.5 Å². The molecule has 0 aromatic heterocycles. The number of hydrogen-bond donors (Lipinski definition) is 1. The lowest BCUT2D eigenvalue weighted by atomic mass is 9.99. The van der Waals surface area contributed by atoms with Crippen molar-refractivity contribution < 1.29 is 9.59 Å². The van der Waals surface area contributed by atoms with Gasteiger partial charge in [-0.1, -0.05) is 13.3 Å². The lowest BCUT2D eigenvalue weighted by Crippen LogP contribution is -2.42. The van der Waals surface area contributed by atoms with Crippen LogP contribution in [0.4, 0.5) is 0 Å². The molecule has 0 aromatic carbocycles. The summed E-state index contributed by atoms with van der Waals surface area (Å²) in [4.78, 5) is 23.7. The average molecular weight is 184 g/mol. The molecule has 0 saturated carbocycles. The molecule has 0 aromatic rings. The molecule has 0 radical (unpaired) electrons. The maximum atomic E-state index is 11.3. The predicted octanol–water partition coefficient (Wildman–Crippen LogP) is -0.229. The fourth-order valence-electron chi connectivity index (χ4n) is 1.92. The molecule has 13 heavy (non-hydrogen) atoms. The Balaban J connectivity index is 2.67. The van der Waals surface area contributed by atoms with Gasteiger partial charge in [-0.15, -0.1) is 0 Å². The van der Waals surface area contributed by atoms with E-state index >= 15 is 0 Å². The highest BCUT2D eigenvalue weighted by atomic mass is 16.2. The summed E-state index contributed by atoms with van der Waals surface area (Å²) in [5.74, 6) is 0.209. The van der Waals surface area contributed by atoms with Gasteiger partial charge < -0.3 is 15.4 Å². The summed E-state index contributed by atoms with van der Waals surface area (Å²) in [6, 6.07) is -0.235. The molecule has 1 fully saturated rings. The molecule has 74 valence electrons. The number of likely N-dealkylation sites (tertiary alicyclic amines) is 1. The van der Waals surface area contributed by atoms with Crippen LogP contribution in [0.2, 0.25) is 0 Å². The molecular weight excluding hydrogens is 168 g/mol. The van der Waals surface area contributed by atoms with E-state index in [1.165, 1.54) is 0 Å². The Hall–Kier alpha value is -0.900. The third-order valence-corrected chi connectivity index (χ3v) is 2.74. The Kier molecular flexibility index (Phi) is 3.42. The van der Waals surface area contributed by atoms with Gasteiger partial charge in [-0.3, -0.25) is 4.79 Å². The zero-order chi connectivity index (χ0) is 9.84. The highest BCUT2D eigenvalue weighted by Gasteiger charge is 2.34. The molecule has 4 heteroatoms. The van der Waals surface area contributed by atoms with Crippen LogP contribution in [0, 0.1) is 5.92 Å². The summed E-state index contributed by atoms with van der Waals surface area (Å²) in [5, 5.41) is 0. The minimum Gasteiger partial charge on any atom is -0.332 e. The molecule has 1 amide bonds. The summed E-state index contributed by atoms with van der Waals surface area (Å²) < 4.78 is 0. The first kappa shape index (κ1) is 10.2. The van der Waals surface area contributed by atoms with Crippen molar-refractivity contribution in [1.82, 2.24) is 4.90 Å². The molecule has 1 aliphatic heterocycles. The van der Waals surface area contributed by atoms with Crippen molar-refractivity contribution in [3.05, 3.63) is 0 Å². The van der Waals surface area contributed by atoms with Crippen molar-refractivity contribution in [3.63, 3.8) is 0 Å². The SMILES string of the molecule is CC[C@@H]1CCN(C(=O)CN)C1C=O. The first-order valence-corrected chi connectivity index (χ1v) is 4.69. The largest absolute Gasteiger partial charge is 0.332 e. The topological polar surface area (TPSA) is 63.4 Å². The fourth-order valence-corrected chi connectivity index (χ4v) is 1.92. The van der Waals surface area contributed by atoms with Gasteiger partial charge in [0.15, 0.2) is 0 Å². The van der Waals surface area contributed by atoms with E-state index in [9.17, 15) is 9.59 Å². The lowest BCUT2D eigenvalue weighted by Gasteiger charge is -2.22. The zero-order valence-corrected chi connectivity index (χ0v) is 7.90. The number of carbonyl (C=O) groups is 2. The van der Waals surface area contributed by atoms with Gasteiger partial charge in [0.2, 0.25) is 5.91 Å². The maximum absolute atomic E-state index is 11.3. The molecule has 0 bridgehead atoms. The van der Waals surface area contributed by atoms with Crippen molar-refractivity contribution in [3.8, 4) is 0 Å². The Morgan fingerprint density at radius 2 is 2.38 bits per heavy atom. The highest BCUT2D eigenvalue weighted by molar-refractivity contribution is 5.82. The summed E-state index contributed by atoms with van der Waals surface area (Å²) in [6.07, 6.45) is 2.73. The van der Waals surface area contributed by atoms with Crippen LogP contribution in [0.15, 0.2) is 0 Å². The van der Waals surface area contributed by atoms with E-state index in [1.54, 1.807) is 4.90 Å². The minimum atomic E-state index is -0.235. The van der Waals surface area contributed by atoms with Crippen LogP contribution in [0.1, 0.15) is 19.8 Å². The lowest BCUT2D eigenvalue weighted by molar-refractivity contribution is -0.133. The summed E-state index contributed by atoms with van der Waals surface area (Å²) in [7, 11) is 0. The smallest absolute Gasteiger partial charge is 0.236 e. The van der Waals surface area contributed by atoms with Crippen LogP contribution in [0.25, 0.3) is 0 Å². The van der Waals surface area contributed by atoms with Gasteiger partial charge in [-0.2, -0.15) is 0 Å². The quantitative estimate of drug-likeness (QED) is 0.616. The Bertz CT molecular complexity index is 206. The van der Waals surface area contributed by atoms with Crippen LogP contribution in [0.5, 0.6) is 0 Å². The standard InChI is InChI=1S/C9H16N2O2/c1-2-7-3-4-11(8(7)6-12)9(13)5-10/h6-8H,2-5,10H2,1H3/t7-,8?/m1/s1. The third kappa shape index (κ3) is 1.88. The van der Waals surface area contributed by atoms with Gasteiger partial charge in [-0.05, 0) is 12.3 Å². The van der Waals surface area contributed by atoms with Gasteiger partial charge in [0.25, 0.3) is 0 Å². The summed E-state index contributed by atoms with van der Waals surface area (Å²) in [6.45, 7) is 2.72. The second-order valence-corrected chi connectivity index (χ2v) is 3.37. The molecule has 0 aliphatic carbocycles. The number of nitrogens with two attached hydrogens (primary N) is 1. The van der Waals surface area contributed by atoms with Gasteiger partial charge >= 0.3 is 0 Å². The highest BCUT2D eigenvalue weighted by Crippen LogP contribution is 2.25.